The first-order valence-electron chi connectivity index (χ1n) is 8.68. The van der Waals surface area contributed by atoms with E-state index >= 15 is 0 Å². The van der Waals surface area contributed by atoms with Crippen LogP contribution in [0.5, 0.6) is 0 Å². The lowest BCUT2D eigenvalue weighted by Crippen LogP contribution is -2.17. The molecular weight excluding hydrogens is 266 g/mol. The molecule has 0 aromatic rings. The molecule has 0 unspecified atom stereocenters. The van der Waals surface area contributed by atoms with Gasteiger partial charge in [-0.15, -0.1) is 0 Å². The van der Waals surface area contributed by atoms with Gasteiger partial charge in [-0.1, -0.05) is 0 Å². The van der Waals surface area contributed by atoms with Crippen molar-refractivity contribution >= 4 is 0 Å². The van der Waals surface area contributed by atoms with Gasteiger partial charge in [-0.05, 0) is 77.5 Å². The molecule has 0 aliphatic heterocycles. The van der Waals surface area contributed by atoms with Crippen molar-refractivity contribution in [3.63, 3.8) is 0 Å². The molecule has 0 spiro atoms. The van der Waals surface area contributed by atoms with Crippen LogP contribution in [-0.4, -0.2) is 52.6 Å². The highest BCUT2D eigenvalue weighted by Gasteiger charge is 1.93. The summed E-state index contributed by atoms with van der Waals surface area (Å²) >= 11 is 0. The van der Waals surface area contributed by atoms with E-state index in [9.17, 15) is 0 Å². The number of nitrogens with two attached hydrogens (primary N) is 2. The summed E-state index contributed by atoms with van der Waals surface area (Å²) < 4.78 is 11.1. The third-order valence-corrected chi connectivity index (χ3v) is 3.27. The lowest BCUT2D eigenvalue weighted by Gasteiger charge is -2.06. The molecule has 5 heteroatoms. The van der Waals surface area contributed by atoms with Crippen LogP contribution >= 0.6 is 0 Å². The molecule has 5 nitrogen and oxygen atoms in total. The minimum absolute atomic E-state index is 0.770. The molecule has 0 heterocycles. The Hall–Kier alpha value is -0.200. The Labute approximate surface area is 131 Å². The van der Waals surface area contributed by atoms with Crippen LogP contribution in [0.15, 0.2) is 0 Å². The highest BCUT2D eigenvalue weighted by molar-refractivity contribution is 4.50. The van der Waals surface area contributed by atoms with Crippen LogP contribution in [0.4, 0.5) is 0 Å². The first kappa shape index (κ1) is 20.8. The van der Waals surface area contributed by atoms with Crippen molar-refractivity contribution in [1.82, 2.24) is 5.32 Å². The van der Waals surface area contributed by atoms with Crippen molar-refractivity contribution in [1.29, 1.82) is 0 Å². The van der Waals surface area contributed by atoms with Gasteiger partial charge in [-0.25, -0.2) is 0 Å². The lowest BCUT2D eigenvalue weighted by molar-refractivity contribution is 0.126. The molecule has 0 fully saturated rings. The summed E-state index contributed by atoms with van der Waals surface area (Å²) in [6.07, 6.45) is 8.96. The van der Waals surface area contributed by atoms with E-state index in [2.05, 4.69) is 5.32 Å². The number of hydrogen-bond acceptors (Lipinski definition) is 5. The van der Waals surface area contributed by atoms with Gasteiger partial charge in [0, 0.05) is 26.4 Å². The Morgan fingerprint density at radius 1 is 0.524 bits per heavy atom. The topological polar surface area (TPSA) is 82.5 Å². The Morgan fingerprint density at radius 3 is 1.29 bits per heavy atom. The largest absolute Gasteiger partial charge is 0.381 e. The molecule has 0 saturated heterocycles. The zero-order valence-electron chi connectivity index (χ0n) is 13.8. The minimum atomic E-state index is 0.770. The van der Waals surface area contributed by atoms with Crippen LogP contribution < -0.4 is 16.8 Å². The standard InChI is InChI=1S/C16H37N3O2/c17-9-1-5-13-20-15-7-3-11-19-12-4-8-16-21-14-6-2-10-18/h19H,1-18H2. The first-order valence-corrected chi connectivity index (χ1v) is 8.68. The first-order chi connectivity index (χ1) is 10.4. The SMILES string of the molecule is NCCCCOCCCCNCCCCOCCCCN. The van der Waals surface area contributed by atoms with E-state index in [1.54, 1.807) is 0 Å². The van der Waals surface area contributed by atoms with Crippen LogP contribution in [0, 0.1) is 0 Å². The molecular formula is C16H37N3O2. The lowest BCUT2D eigenvalue weighted by atomic mass is 10.3. The number of unbranched alkanes of at least 4 members (excludes halogenated alkanes) is 4. The van der Waals surface area contributed by atoms with E-state index in [1.165, 1.54) is 12.8 Å². The fourth-order valence-corrected chi connectivity index (χ4v) is 1.93. The highest BCUT2D eigenvalue weighted by atomic mass is 16.5. The average Bonchev–Trinajstić information content (AvgIpc) is 2.50. The number of ether oxygens (including phenoxy) is 2. The molecule has 21 heavy (non-hydrogen) atoms. The molecule has 0 saturated carbocycles. The second-order valence-corrected chi connectivity index (χ2v) is 5.38. The Kier molecular flexibility index (Phi) is 19.6. The zero-order chi connectivity index (χ0) is 15.4. The van der Waals surface area contributed by atoms with Gasteiger partial charge in [0.25, 0.3) is 0 Å². The Morgan fingerprint density at radius 2 is 0.905 bits per heavy atom. The summed E-state index contributed by atoms with van der Waals surface area (Å²) in [5, 5.41) is 3.46. The normalized spacial score (nSPS) is 11.1. The second kappa shape index (κ2) is 19.8. The molecule has 0 bridgehead atoms. The predicted octanol–water partition coefficient (Wildman–Crippen LogP) is 1.65. The van der Waals surface area contributed by atoms with Gasteiger partial charge in [0.15, 0.2) is 0 Å². The van der Waals surface area contributed by atoms with E-state index in [0.717, 1.165) is 91.1 Å². The van der Waals surface area contributed by atoms with E-state index < -0.39 is 0 Å². The maximum absolute atomic E-state index is 5.53. The highest BCUT2D eigenvalue weighted by Crippen LogP contribution is 1.94. The van der Waals surface area contributed by atoms with Gasteiger partial charge in [0.05, 0.1) is 0 Å². The smallest absolute Gasteiger partial charge is 0.0466 e. The van der Waals surface area contributed by atoms with Crippen molar-refractivity contribution in [3.05, 3.63) is 0 Å². The van der Waals surface area contributed by atoms with Gasteiger partial charge in [0.2, 0.25) is 0 Å². The maximum Gasteiger partial charge on any atom is 0.0466 e. The summed E-state index contributed by atoms with van der Waals surface area (Å²) in [5.74, 6) is 0. The Balaban J connectivity index is 2.90. The summed E-state index contributed by atoms with van der Waals surface area (Å²) in [6.45, 7) is 7.18. The van der Waals surface area contributed by atoms with Gasteiger partial charge in [0.1, 0.15) is 0 Å². The number of nitrogens with one attached hydrogen (secondary N) is 1. The van der Waals surface area contributed by atoms with E-state index in [0.29, 0.717) is 0 Å². The monoisotopic (exact) mass is 303 g/mol. The van der Waals surface area contributed by atoms with Crippen molar-refractivity contribution < 1.29 is 9.47 Å². The van der Waals surface area contributed by atoms with Crippen LogP contribution in [0.3, 0.4) is 0 Å². The summed E-state index contributed by atoms with van der Waals surface area (Å²) in [6, 6.07) is 0. The third-order valence-electron chi connectivity index (χ3n) is 3.27. The summed E-state index contributed by atoms with van der Waals surface area (Å²) in [4.78, 5) is 0. The molecule has 0 aliphatic rings. The molecule has 5 N–H and O–H groups in total. The molecule has 0 amide bonds. The van der Waals surface area contributed by atoms with Crippen molar-refractivity contribution in [2.24, 2.45) is 11.5 Å². The van der Waals surface area contributed by atoms with Crippen molar-refractivity contribution in [2.75, 3.05) is 52.6 Å². The number of rotatable bonds is 18. The second-order valence-electron chi connectivity index (χ2n) is 5.38. The average molecular weight is 303 g/mol. The summed E-state index contributed by atoms with van der Waals surface area (Å²) in [5.41, 5.74) is 10.8. The fourth-order valence-electron chi connectivity index (χ4n) is 1.93. The summed E-state index contributed by atoms with van der Waals surface area (Å²) in [7, 11) is 0. The van der Waals surface area contributed by atoms with Crippen molar-refractivity contribution in [2.45, 2.75) is 51.4 Å². The zero-order valence-corrected chi connectivity index (χ0v) is 13.8. The van der Waals surface area contributed by atoms with E-state index in [1.807, 2.05) is 0 Å². The van der Waals surface area contributed by atoms with Crippen LogP contribution in [-0.2, 0) is 9.47 Å². The van der Waals surface area contributed by atoms with E-state index in [4.69, 9.17) is 20.9 Å². The third kappa shape index (κ3) is 19.8. The molecule has 128 valence electrons. The molecule has 0 aromatic heterocycles. The van der Waals surface area contributed by atoms with Crippen molar-refractivity contribution in [3.8, 4) is 0 Å². The number of hydrogen-bond donors (Lipinski definition) is 3. The van der Waals surface area contributed by atoms with Gasteiger partial charge in [-0.3, -0.25) is 0 Å². The Bertz CT molecular complexity index is 165. The van der Waals surface area contributed by atoms with Gasteiger partial charge in [-0.2, -0.15) is 0 Å². The fraction of sp³-hybridized carbons (Fsp3) is 1.00. The van der Waals surface area contributed by atoms with Crippen LogP contribution in [0.1, 0.15) is 51.4 Å². The molecule has 0 aromatic carbocycles. The van der Waals surface area contributed by atoms with E-state index in [-0.39, 0.29) is 0 Å². The van der Waals surface area contributed by atoms with Gasteiger partial charge >= 0.3 is 0 Å². The quantitative estimate of drug-likeness (QED) is 0.335. The predicted molar refractivity (Wildman–Crippen MR) is 89.6 cm³/mol. The minimum Gasteiger partial charge on any atom is -0.381 e. The molecule has 0 aliphatic carbocycles. The molecule has 0 atom stereocenters. The van der Waals surface area contributed by atoms with Gasteiger partial charge < -0.3 is 26.3 Å². The molecule has 0 rings (SSSR count). The van der Waals surface area contributed by atoms with Crippen LogP contribution in [0.25, 0.3) is 0 Å². The maximum atomic E-state index is 5.53. The van der Waals surface area contributed by atoms with Crippen LogP contribution in [0.2, 0.25) is 0 Å². The molecule has 0 radical (unpaired) electrons.